The Morgan fingerprint density at radius 1 is 1.32 bits per heavy atom. The maximum absolute atomic E-state index is 12.0. The predicted molar refractivity (Wildman–Crippen MR) is 117 cm³/mol. The highest BCUT2D eigenvalue weighted by Crippen LogP contribution is 2.41. The van der Waals surface area contributed by atoms with Crippen molar-refractivity contribution in [3.05, 3.63) is 81.5 Å². The van der Waals surface area contributed by atoms with Gasteiger partial charge in [-0.25, -0.2) is 23.1 Å². The Bertz CT molecular complexity index is 1340. The smallest absolute Gasteiger partial charge is 0.258 e. The third-order valence-electron chi connectivity index (χ3n) is 5.56. The van der Waals surface area contributed by atoms with Crippen molar-refractivity contribution in [1.82, 2.24) is 14.6 Å². The zero-order chi connectivity index (χ0) is 22.2. The molecule has 3 aromatic rings. The first-order valence-electron chi connectivity index (χ1n) is 9.74. The Labute approximate surface area is 179 Å². The lowest BCUT2D eigenvalue weighted by atomic mass is 9.72. The fourth-order valence-corrected chi connectivity index (χ4v) is 4.87. The SMILES string of the molecule is CCCC1(c2cccc(-c3ccnc4c([N+](=O)[O-])cnn34)c2)C=CC=C(S(N)(=O)=O)C1. The second-order valence-corrected chi connectivity index (χ2v) is 9.17. The molecule has 0 saturated heterocycles. The topological polar surface area (TPSA) is 133 Å². The van der Waals surface area contributed by atoms with Crippen LogP contribution in [0.5, 0.6) is 0 Å². The van der Waals surface area contributed by atoms with Gasteiger partial charge in [-0.15, -0.1) is 0 Å². The van der Waals surface area contributed by atoms with Crippen LogP contribution in [-0.4, -0.2) is 27.9 Å². The van der Waals surface area contributed by atoms with Crippen molar-refractivity contribution in [3.63, 3.8) is 0 Å². The minimum Gasteiger partial charge on any atom is -0.258 e. The number of nitrogens with zero attached hydrogens (tertiary/aromatic N) is 4. The average Bonchev–Trinajstić information content (AvgIpc) is 3.18. The highest BCUT2D eigenvalue weighted by Gasteiger charge is 2.34. The van der Waals surface area contributed by atoms with E-state index in [0.29, 0.717) is 5.69 Å². The van der Waals surface area contributed by atoms with Crippen molar-refractivity contribution in [1.29, 1.82) is 0 Å². The third-order valence-corrected chi connectivity index (χ3v) is 6.57. The highest BCUT2D eigenvalue weighted by atomic mass is 32.2. The molecular weight excluding hydrogens is 418 g/mol. The molecule has 1 aliphatic rings. The molecule has 0 amide bonds. The van der Waals surface area contributed by atoms with Crippen molar-refractivity contribution in [2.24, 2.45) is 5.14 Å². The lowest BCUT2D eigenvalue weighted by Crippen LogP contribution is -2.29. The largest absolute Gasteiger partial charge is 0.333 e. The molecule has 0 spiro atoms. The first kappa shape index (κ1) is 20.9. The van der Waals surface area contributed by atoms with E-state index in [1.54, 1.807) is 18.2 Å². The van der Waals surface area contributed by atoms with Gasteiger partial charge in [-0.05, 0) is 36.6 Å². The molecule has 31 heavy (non-hydrogen) atoms. The molecule has 1 aliphatic carbocycles. The number of fused-ring (bicyclic) bond motifs is 1. The Balaban J connectivity index is 1.83. The van der Waals surface area contributed by atoms with E-state index in [-0.39, 0.29) is 22.7 Å². The molecule has 0 fully saturated rings. The number of allylic oxidation sites excluding steroid dienone is 4. The number of nitro groups is 1. The summed E-state index contributed by atoms with van der Waals surface area (Å²) in [6.07, 6.45) is 9.85. The number of nitrogens with two attached hydrogens (primary N) is 1. The molecule has 1 aromatic carbocycles. The first-order chi connectivity index (χ1) is 14.7. The Morgan fingerprint density at radius 3 is 2.84 bits per heavy atom. The summed E-state index contributed by atoms with van der Waals surface area (Å²) in [5, 5.41) is 20.8. The van der Waals surface area contributed by atoms with Crippen LogP contribution in [0.4, 0.5) is 5.69 Å². The van der Waals surface area contributed by atoms with E-state index in [1.165, 1.54) is 16.9 Å². The molecular formula is C21H21N5O4S. The molecule has 0 aliphatic heterocycles. The van der Waals surface area contributed by atoms with Gasteiger partial charge < -0.3 is 0 Å². The van der Waals surface area contributed by atoms with Crippen molar-refractivity contribution in [3.8, 4) is 11.3 Å². The number of rotatable bonds is 6. The summed E-state index contributed by atoms with van der Waals surface area (Å²) in [6.45, 7) is 2.05. The molecule has 160 valence electrons. The summed E-state index contributed by atoms with van der Waals surface area (Å²) < 4.78 is 25.4. The van der Waals surface area contributed by atoms with Gasteiger partial charge in [0.2, 0.25) is 15.7 Å². The highest BCUT2D eigenvalue weighted by molar-refractivity contribution is 7.93. The Hall–Kier alpha value is -3.37. The number of primary sulfonamides is 1. The molecule has 4 rings (SSSR count). The summed E-state index contributed by atoms with van der Waals surface area (Å²) in [6, 6.07) is 9.43. The number of aromatic nitrogens is 3. The fraction of sp³-hybridized carbons (Fsp3) is 0.238. The minimum atomic E-state index is -3.80. The molecule has 2 aromatic heterocycles. The second-order valence-electron chi connectivity index (χ2n) is 7.55. The molecule has 2 N–H and O–H groups in total. The van der Waals surface area contributed by atoms with Crippen molar-refractivity contribution in [2.75, 3.05) is 0 Å². The van der Waals surface area contributed by atoms with E-state index in [4.69, 9.17) is 5.14 Å². The van der Waals surface area contributed by atoms with Gasteiger partial charge in [0.15, 0.2) is 0 Å². The summed E-state index contributed by atoms with van der Waals surface area (Å²) in [5.41, 5.74) is 1.84. The van der Waals surface area contributed by atoms with Crippen molar-refractivity contribution >= 4 is 21.4 Å². The number of benzene rings is 1. The molecule has 0 bridgehead atoms. The van der Waals surface area contributed by atoms with Gasteiger partial charge in [-0.3, -0.25) is 10.1 Å². The van der Waals surface area contributed by atoms with E-state index in [0.717, 1.165) is 24.0 Å². The summed E-state index contributed by atoms with van der Waals surface area (Å²) in [5.74, 6) is 0. The van der Waals surface area contributed by atoms with Crippen LogP contribution >= 0.6 is 0 Å². The summed E-state index contributed by atoms with van der Waals surface area (Å²) in [7, 11) is -3.80. The quantitative estimate of drug-likeness (QED) is 0.462. The normalized spacial score (nSPS) is 18.8. The Morgan fingerprint density at radius 2 is 2.13 bits per heavy atom. The zero-order valence-corrected chi connectivity index (χ0v) is 17.6. The monoisotopic (exact) mass is 439 g/mol. The van der Waals surface area contributed by atoms with E-state index in [9.17, 15) is 18.5 Å². The van der Waals surface area contributed by atoms with Gasteiger partial charge in [-0.1, -0.05) is 43.7 Å². The van der Waals surface area contributed by atoms with Crippen LogP contribution in [0, 0.1) is 10.1 Å². The van der Waals surface area contributed by atoms with Gasteiger partial charge >= 0.3 is 5.69 Å². The standard InChI is InChI=1S/C21H21N5O4S/c1-2-9-21(10-4-7-17(13-21)31(22,29)30)16-6-3-5-15(12-16)18-8-11-23-20-19(26(27)28)14-24-25(18)20/h3-8,10-12,14H,2,9,13H2,1H3,(H2,22,29,30). The molecule has 9 nitrogen and oxygen atoms in total. The lowest BCUT2D eigenvalue weighted by Gasteiger charge is -2.34. The zero-order valence-electron chi connectivity index (χ0n) is 16.8. The average molecular weight is 439 g/mol. The maximum Gasteiger partial charge on any atom is 0.333 e. The number of hydrogen-bond acceptors (Lipinski definition) is 6. The maximum atomic E-state index is 12.0. The Kier molecular flexibility index (Phi) is 5.19. The van der Waals surface area contributed by atoms with Gasteiger partial charge in [0, 0.05) is 17.2 Å². The van der Waals surface area contributed by atoms with E-state index >= 15 is 0 Å². The fourth-order valence-electron chi connectivity index (χ4n) is 4.14. The summed E-state index contributed by atoms with van der Waals surface area (Å²) >= 11 is 0. The van der Waals surface area contributed by atoms with E-state index < -0.39 is 20.4 Å². The number of sulfonamides is 1. The lowest BCUT2D eigenvalue weighted by molar-refractivity contribution is -0.383. The van der Waals surface area contributed by atoms with E-state index in [1.807, 2.05) is 37.3 Å². The molecule has 2 heterocycles. The van der Waals surface area contributed by atoms with Crippen LogP contribution in [0.3, 0.4) is 0 Å². The molecule has 1 atom stereocenters. The number of hydrogen-bond donors (Lipinski definition) is 1. The van der Waals surface area contributed by atoms with Crippen LogP contribution in [0.25, 0.3) is 16.9 Å². The minimum absolute atomic E-state index is 0.160. The van der Waals surface area contributed by atoms with Crippen LogP contribution in [0.2, 0.25) is 0 Å². The first-order valence-corrected chi connectivity index (χ1v) is 11.3. The van der Waals surface area contributed by atoms with Crippen LogP contribution < -0.4 is 5.14 Å². The predicted octanol–water partition coefficient (Wildman–Crippen LogP) is 3.47. The van der Waals surface area contributed by atoms with Crippen LogP contribution in [0.1, 0.15) is 31.7 Å². The van der Waals surface area contributed by atoms with Crippen molar-refractivity contribution < 1.29 is 13.3 Å². The third kappa shape index (κ3) is 3.75. The van der Waals surface area contributed by atoms with Crippen LogP contribution in [0.15, 0.2) is 65.9 Å². The molecule has 0 saturated carbocycles. The van der Waals surface area contributed by atoms with Gasteiger partial charge in [0.05, 0.1) is 15.5 Å². The molecule has 0 radical (unpaired) electrons. The van der Waals surface area contributed by atoms with Crippen LogP contribution in [-0.2, 0) is 15.4 Å². The second kappa shape index (κ2) is 7.71. The van der Waals surface area contributed by atoms with Gasteiger partial charge in [0.1, 0.15) is 6.20 Å². The van der Waals surface area contributed by atoms with Crippen molar-refractivity contribution in [2.45, 2.75) is 31.6 Å². The van der Waals surface area contributed by atoms with Gasteiger partial charge in [0.25, 0.3) is 0 Å². The molecule has 10 heteroatoms. The van der Waals surface area contributed by atoms with Gasteiger partial charge in [-0.2, -0.15) is 5.10 Å². The molecule has 1 unspecified atom stereocenters. The summed E-state index contributed by atoms with van der Waals surface area (Å²) in [4.78, 5) is 15.0. The van der Waals surface area contributed by atoms with E-state index in [2.05, 4.69) is 10.1 Å².